The molecule has 30 heavy (non-hydrogen) atoms. The first-order valence-electron chi connectivity index (χ1n) is 9.61. The van der Waals surface area contributed by atoms with Gasteiger partial charge in [-0.3, -0.25) is 14.6 Å². The Labute approximate surface area is 173 Å². The molecule has 9 nitrogen and oxygen atoms in total. The Hall–Kier alpha value is -3.75. The molecule has 1 aliphatic heterocycles. The third-order valence-electron chi connectivity index (χ3n) is 4.79. The van der Waals surface area contributed by atoms with Crippen LogP contribution in [0.15, 0.2) is 53.2 Å². The van der Waals surface area contributed by atoms with Crippen molar-refractivity contribution in [1.29, 1.82) is 0 Å². The number of anilines is 1. The summed E-state index contributed by atoms with van der Waals surface area (Å²) < 4.78 is 10.5. The quantitative estimate of drug-likeness (QED) is 0.638. The van der Waals surface area contributed by atoms with E-state index in [9.17, 15) is 9.59 Å². The zero-order chi connectivity index (χ0) is 20.9. The number of benzene rings is 1. The second kappa shape index (κ2) is 8.73. The third-order valence-corrected chi connectivity index (χ3v) is 4.79. The highest BCUT2D eigenvalue weighted by atomic mass is 16.5. The van der Waals surface area contributed by atoms with Crippen LogP contribution in [0.3, 0.4) is 0 Å². The fourth-order valence-corrected chi connectivity index (χ4v) is 3.37. The number of para-hydroxylation sites is 2. The number of pyridine rings is 1. The van der Waals surface area contributed by atoms with E-state index in [2.05, 4.69) is 20.4 Å². The Balaban J connectivity index is 1.31. The van der Waals surface area contributed by atoms with E-state index in [0.717, 1.165) is 0 Å². The summed E-state index contributed by atoms with van der Waals surface area (Å²) >= 11 is 0. The molecular formula is C21H21N5O4. The van der Waals surface area contributed by atoms with Crippen LogP contribution < -0.4 is 15.0 Å². The number of ether oxygens (including phenoxy) is 1. The number of carbonyl (C=O) groups is 2. The number of aromatic nitrogens is 3. The summed E-state index contributed by atoms with van der Waals surface area (Å²) in [6.45, 7) is 0.398. The van der Waals surface area contributed by atoms with Gasteiger partial charge in [0.15, 0.2) is 0 Å². The van der Waals surface area contributed by atoms with Crippen LogP contribution in [0.5, 0.6) is 5.75 Å². The molecule has 4 rings (SSSR count). The second-order valence-electron chi connectivity index (χ2n) is 6.87. The van der Waals surface area contributed by atoms with Crippen molar-refractivity contribution in [3.8, 4) is 17.3 Å². The molecule has 0 saturated carbocycles. The van der Waals surface area contributed by atoms with E-state index >= 15 is 0 Å². The first kappa shape index (κ1) is 19.6. The van der Waals surface area contributed by atoms with Crippen molar-refractivity contribution in [2.75, 3.05) is 18.6 Å². The minimum absolute atomic E-state index is 0.0540. The number of hydrogen-bond donors (Lipinski definition) is 1. The first-order chi connectivity index (χ1) is 14.6. The smallest absolute Gasteiger partial charge is 0.229 e. The van der Waals surface area contributed by atoms with Gasteiger partial charge in [-0.15, -0.1) is 0 Å². The number of amides is 2. The lowest BCUT2D eigenvalue weighted by atomic mass is 10.2. The summed E-state index contributed by atoms with van der Waals surface area (Å²) in [5.74, 6) is 1.15. The van der Waals surface area contributed by atoms with Gasteiger partial charge in [-0.2, -0.15) is 4.98 Å². The van der Waals surface area contributed by atoms with Gasteiger partial charge in [-0.05, 0) is 24.3 Å². The van der Waals surface area contributed by atoms with Gasteiger partial charge in [0.2, 0.25) is 23.5 Å². The molecule has 1 fully saturated rings. The number of hydrogen-bond acceptors (Lipinski definition) is 7. The zero-order valence-corrected chi connectivity index (χ0v) is 16.4. The van der Waals surface area contributed by atoms with Gasteiger partial charge in [-0.1, -0.05) is 23.4 Å². The van der Waals surface area contributed by atoms with Crippen LogP contribution in [0.1, 0.15) is 18.7 Å². The number of rotatable bonds is 7. The molecule has 0 spiro atoms. The first-order valence-corrected chi connectivity index (χ1v) is 9.61. The summed E-state index contributed by atoms with van der Waals surface area (Å²) in [5, 5.41) is 6.80. The van der Waals surface area contributed by atoms with Crippen molar-refractivity contribution in [2.45, 2.75) is 25.3 Å². The Morgan fingerprint density at radius 1 is 1.27 bits per heavy atom. The van der Waals surface area contributed by atoms with Crippen molar-refractivity contribution < 1.29 is 18.8 Å². The zero-order valence-electron chi connectivity index (χ0n) is 16.4. The lowest BCUT2D eigenvalue weighted by Gasteiger charge is -2.19. The molecule has 3 aromatic rings. The predicted octanol–water partition coefficient (Wildman–Crippen LogP) is 1.99. The van der Waals surface area contributed by atoms with Crippen molar-refractivity contribution in [3.63, 3.8) is 0 Å². The minimum atomic E-state index is -0.262. The average molecular weight is 407 g/mol. The number of methoxy groups -OCH3 is 1. The van der Waals surface area contributed by atoms with Gasteiger partial charge in [0.05, 0.1) is 18.8 Å². The fourth-order valence-electron chi connectivity index (χ4n) is 3.37. The highest BCUT2D eigenvalue weighted by Gasteiger charge is 2.32. The van der Waals surface area contributed by atoms with Crippen LogP contribution in [0.2, 0.25) is 0 Å². The molecule has 9 heteroatoms. The maximum atomic E-state index is 12.4. The number of aryl methyl sites for hydroxylation is 1. The molecule has 3 heterocycles. The van der Waals surface area contributed by atoms with E-state index in [4.69, 9.17) is 9.26 Å². The van der Waals surface area contributed by atoms with Gasteiger partial charge in [0, 0.05) is 32.0 Å². The van der Waals surface area contributed by atoms with Crippen molar-refractivity contribution >= 4 is 17.5 Å². The Morgan fingerprint density at radius 3 is 2.90 bits per heavy atom. The molecule has 1 saturated heterocycles. The molecule has 2 amide bonds. The van der Waals surface area contributed by atoms with Gasteiger partial charge in [0.1, 0.15) is 11.4 Å². The van der Waals surface area contributed by atoms with Crippen molar-refractivity contribution in [2.24, 2.45) is 0 Å². The van der Waals surface area contributed by atoms with E-state index in [1.54, 1.807) is 36.4 Å². The van der Waals surface area contributed by atoms with E-state index in [-0.39, 0.29) is 30.7 Å². The molecule has 1 aromatic carbocycles. The largest absolute Gasteiger partial charge is 0.495 e. The van der Waals surface area contributed by atoms with Gasteiger partial charge >= 0.3 is 0 Å². The molecule has 154 valence electrons. The van der Waals surface area contributed by atoms with Gasteiger partial charge in [0.25, 0.3) is 0 Å². The standard InChI is InChI=1S/C21H21N5O4/c1-29-17-8-3-2-7-16(17)26-13-14(12-20(26)28)23-18(27)9-10-19-24-21(25-30-19)15-6-4-5-11-22-15/h2-8,11,14H,9-10,12-13H2,1H3,(H,23,27). The lowest BCUT2D eigenvalue weighted by molar-refractivity contribution is -0.121. The van der Waals surface area contributed by atoms with Crippen LogP contribution in [0.25, 0.3) is 11.5 Å². The van der Waals surface area contributed by atoms with E-state index in [0.29, 0.717) is 41.8 Å². The monoisotopic (exact) mass is 407 g/mol. The average Bonchev–Trinajstić information content (AvgIpc) is 3.39. The van der Waals surface area contributed by atoms with E-state index in [1.807, 2.05) is 24.3 Å². The third kappa shape index (κ3) is 4.29. The number of carbonyl (C=O) groups excluding carboxylic acids is 2. The molecule has 1 unspecified atom stereocenters. The van der Waals surface area contributed by atoms with Crippen LogP contribution in [-0.4, -0.2) is 46.6 Å². The molecule has 0 bridgehead atoms. The van der Waals surface area contributed by atoms with Crippen LogP contribution >= 0.6 is 0 Å². The predicted molar refractivity (Wildman–Crippen MR) is 108 cm³/mol. The van der Waals surface area contributed by atoms with Crippen LogP contribution in [0.4, 0.5) is 5.69 Å². The molecule has 2 aromatic heterocycles. The van der Waals surface area contributed by atoms with Crippen LogP contribution in [0, 0.1) is 0 Å². The fraction of sp³-hybridized carbons (Fsp3) is 0.286. The molecule has 0 radical (unpaired) electrons. The summed E-state index contributed by atoms with van der Waals surface area (Å²) in [6.07, 6.45) is 2.38. The summed E-state index contributed by atoms with van der Waals surface area (Å²) in [4.78, 5) is 34.9. The topological polar surface area (TPSA) is 110 Å². The molecule has 1 N–H and O–H groups in total. The maximum absolute atomic E-state index is 12.4. The molecular weight excluding hydrogens is 386 g/mol. The molecule has 0 aliphatic carbocycles. The second-order valence-corrected chi connectivity index (χ2v) is 6.87. The van der Waals surface area contributed by atoms with Crippen molar-refractivity contribution in [1.82, 2.24) is 20.4 Å². The normalized spacial score (nSPS) is 16.0. The minimum Gasteiger partial charge on any atom is -0.495 e. The van der Waals surface area contributed by atoms with Gasteiger partial charge < -0.3 is 19.5 Å². The molecule has 1 atom stereocenters. The van der Waals surface area contributed by atoms with Crippen molar-refractivity contribution in [3.05, 3.63) is 54.6 Å². The molecule has 1 aliphatic rings. The van der Waals surface area contributed by atoms with Crippen LogP contribution in [-0.2, 0) is 16.0 Å². The Kier molecular flexibility index (Phi) is 5.69. The van der Waals surface area contributed by atoms with E-state index < -0.39 is 0 Å². The summed E-state index contributed by atoms with van der Waals surface area (Å²) in [6, 6.07) is 12.5. The summed E-state index contributed by atoms with van der Waals surface area (Å²) in [7, 11) is 1.56. The highest BCUT2D eigenvalue weighted by molar-refractivity contribution is 5.98. The Bertz CT molecular complexity index is 1040. The lowest BCUT2D eigenvalue weighted by Crippen LogP contribution is -2.37. The van der Waals surface area contributed by atoms with Gasteiger partial charge in [-0.25, -0.2) is 0 Å². The maximum Gasteiger partial charge on any atom is 0.229 e. The number of nitrogens with one attached hydrogen (secondary N) is 1. The highest BCUT2D eigenvalue weighted by Crippen LogP contribution is 2.31. The Morgan fingerprint density at radius 2 is 2.10 bits per heavy atom. The number of nitrogens with zero attached hydrogens (tertiary/aromatic N) is 4. The summed E-state index contributed by atoms with van der Waals surface area (Å²) in [5.41, 5.74) is 1.31. The van der Waals surface area contributed by atoms with E-state index in [1.165, 1.54) is 0 Å². The SMILES string of the molecule is COc1ccccc1N1CC(NC(=O)CCc2nc(-c3ccccn3)no2)CC1=O.